The molecule has 23 heavy (non-hydrogen) atoms. The molecule has 0 aliphatic carbocycles. The van der Waals surface area contributed by atoms with Gasteiger partial charge in [0.1, 0.15) is 0 Å². The van der Waals surface area contributed by atoms with Gasteiger partial charge in [-0.1, -0.05) is 48.0 Å². The zero-order valence-corrected chi connectivity index (χ0v) is 13.5. The van der Waals surface area contributed by atoms with E-state index >= 15 is 0 Å². The van der Waals surface area contributed by atoms with Crippen molar-refractivity contribution in [2.75, 3.05) is 12.4 Å². The highest BCUT2D eigenvalue weighted by Gasteiger charge is 2.07. The van der Waals surface area contributed by atoms with Crippen LogP contribution in [0.5, 0.6) is 0 Å². The molecule has 3 rings (SSSR count). The number of benzene rings is 3. The lowest BCUT2D eigenvalue weighted by Gasteiger charge is -2.11. The first-order valence-electron chi connectivity index (χ1n) is 7.40. The maximum atomic E-state index is 11.7. The molecule has 0 heterocycles. The smallest absolute Gasteiger partial charge is 0.251 e. The highest BCUT2D eigenvalue weighted by molar-refractivity contribution is 6.33. The van der Waals surface area contributed by atoms with Gasteiger partial charge in [0.25, 0.3) is 5.91 Å². The Morgan fingerprint density at radius 1 is 1.00 bits per heavy atom. The summed E-state index contributed by atoms with van der Waals surface area (Å²) in [6.07, 6.45) is 0. The van der Waals surface area contributed by atoms with E-state index in [1.54, 1.807) is 25.2 Å². The van der Waals surface area contributed by atoms with Gasteiger partial charge in [-0.15, -0.1) is 0 Å². The molecule has 0 bridgehead atoms. The van der Waals surface area contributed by atoms with Gasteiger partial charge < -0.3 is 10.6 Å². The topological polar surface area (TPSA) is 41.1 Å². The van der Waals surface area contributed by atoms with Gasteiger partial charge in [-0.2, -0.15) is 0 Å². The van der Waals surface area contributed by atoms with E-state index in [2.05, 4.69) is 41.0 Å². The number of hydrogen-bond donors (Lipinski definition) is 2. The van der Waals surface area contributed by atoms with Crippen LogP contribution >= 0.6 is 11.6 Å². The third-order valence-electron chi connectivity index (χ3n) is 3.75. The van der Waals surface area contributed by atoms with Crippen molar-refractivity contribution in [1.82, 2.24) is 5.32 Å². The molecule has 0 saturated heterocycles. The lowest BCUT2D eigenvalue weighted by Crippen LogP contribution is -2.17. The fourth-order valence-corrected chi connectivity index (χ4v) is 2.68. The normalized spacial score (nSPS) is 10.5. The van der Waals surface area contributed by atoms with Crippen molar-refractivity contribution in [1.29, 1.82) is 0 Å². The summed E-state index contributed by atoms with van der Waals surface area (Å²) in [7, 11) is 1.61. The van der Waals surface area contributed by atoms with Gasteiger partial charge in [-0.25, -0.2) is 0 Å². The first-order valence-corrected chi connectivity index (χ1v) is 7.78. The van der Waals surface area contributed by atoms with Gasteiger partial charge in [-0.3, -0.25) is 4.79 Å². The Morgan fingerprint density at radius 3 is 2.57 bits per heavy atom. The third-order valence-corrected chi connectivity index (χ3v) is 4.08. The monoisotopic (exact) mass is 324 g/mol. The summed E-state index contributed by atoms with van der Waals surface area (Å²) < 4.78 is 0. The summed E-state index contributed by atoms with van der Waals surface area (Å²) >= 11 is 6.21. The Morgan fingerprint density at radius 2 is 1.78 bits per heavy atom. The van der Waals surface area contributed by atoms with Gasteiger partial charge in [0.2, 0.25) is 0 Å². The predicted octanol–water partition coefficient (Wildman–Crippen LogP) is 4.46. The van der Waals surface area contributed by atoms with Gasteiger partial charge in [0.05, 0.1) is 10.7 Å². The molecular formula is C19H17ClN2O. The summed E-state index contributed by atoms with van der Waals surface area (Å²) in [5, 5.41) is 8.93. The maximum absolute atomic E-state index is 11.7. The molecule has 3 aromatic rings. The molecule has 0 saturated carbocycles. The standard InChI is InChI=1S/C19H17ClN2O/c1-21-19(23)16-8-9-17(20)18(11-16)22-12-13-6-7-14-4-2-3-5-15(14)10-13/h2-11,22H,12H2,1H3,(H,21,23). The van der Waals surface area contributed by atoms with Crippen molar-refractivity contribution in [2.24, 2.45) is 0 Å². The minimum absolute atomic E-state index is 0.129. The average molecular weight is 325 g/mol. The van der Waals surface area contributed by atoms with Crippen molar-refractivity contribution in [2.45, 2.75) is 6.54 Å². The number of hydrogen-bond acceptors (Lipinski definition) is 2. The summed E-state index contributed by atoms with van der Waals surface area (Å²) in [6, 6.07) is 19.8. The zero-order chi connectivity index (χ0) is 16.2. The van der Waals surface area contributed by atoms with Crippen LogP contribution in [0.1, 0.15) is 15.9 Å². The minimum Gasteiger partial charge on any atom is -0.380 e. The molecule has 3 aromatic carbocycles. The number of rotatable bonds is 4. The maximum Gasteiger partial charge on any atom is 0.251 e. The van der Waals surface area contributed by atoms with Crippen LogP contribution in [-0.2, 0) is 6.54 Å². The molecule has 0 spiro atoms. The second kappa shape index (κ2) is 6.71. The summed E-state index contributed by atoms with van der Waals surface area (Å²) in [6.45, 7) is 0.641. The van der Waals surface area contributed by atoms with E-state index in [4.69, 9.17) is 11.6 Å². The Labute approximate surface area is 140 Å². The Hall–Kier alpha value is -2.52. The van der Waals surface area contributed by atoms with Crippen molar-refractivity contribution >= 4 is 34.0 Å². The third kappa shape index (κ3) is 3.46. The van der Waals surface area contributed by atoms with Crippen molar-refractivity contribution < 1.29 is 4.79 Å². The number of carbonyl (C=O) groups excluding carboxylic acids is 1. The molecule has 116 valence electrons. The fraction of sp³-hybridized carbons (Fsp3) is 0.105. The zero-order valence-electron chi connectivity index (χ0n) is 12.8. The molecule has 0 fully saturated rings. The average Bonchev–Trinajstić information content (AvgIpc) is 2.60. The highest BCUT2D eigenvalue weighted by atomic mass is 35.5. The second-order valence-corrected chi connectivity index (χ2v) is 5.72. The molecule has 4 heteroatoms. The largest absolute Gasteiger partial charge is 0.380 e. The van der Waals surface area contributed by atoms with E-state index in [0.717, 1.165) is 11.3 Å². The molecule has 0 unspecified atom stereocenters. The molecule has 0 atom stereocenters. The minimum atomic E-state index is -0.129. The lowest BCUT2D eigenvalue weighted by atomic mass is 10.1. The van der Waals surface area contributed by atoms with Crippen molar-refractivity contribution in [3.63, 3.8) is 0 Å². The van der Waals surface area contributed by atoms with Gasteiger partial charge in [0.15, 0.2) is 0 Å². The van der Waals surface area contributed by atoms with Crippen LogP contribution in [0.4, 0.5) is 5.69 Å². The van der Waals surface area contributed by atoms with E-state index in [9.17, 15) is 4.79 Å². The Bertz CT molecular complexity index is 861. The number of amides is 1. The Kier molecular flexibility index (Phi) is 4.49. The van der Waals surface area contributed by atoms with Crippen molar-refractivity contribution in [3.8, 4) is 0 Å². The van der Waals surface area contributed by atoms with E-state index < -0.39 is 0 Å². The van der Waals surface area contributed by atoms with Crippen LogP contribution in [0, 0.1) is 0 Å². The molecule has 0 aliphatic rings. The van der Waals surface area contributed by atoms with E-state index in [0.29, 0.717) is 17.1 Å². The van der Waals surface area contributed by atoms with Gasteiger partial charge >= 0.3 is 0 Å². The first kappa shape index (κ1) is 15.4. The van der Waals surface area contributed by atoms with Crippen molar-refractivity contribution in [3.05, 3.63) is 76.8 Å². The van der Waals surface area contributed by atoms with Crippen LogP contribution in [0.15, 0.2) is 60.7 Å². The van der Waals surface area contributed by atoms with Crippen LogP contribution < -0.4 is 10.6 Å². The molecule has 0 aliphatic heterocycles. The fourth-order valence-electron chi connectivity index (χ4n) is 2.49. The molecule has 2 N–H and O–H groups in total. The molecule has 0 aromatic heterocycles. The lowest BCUT2D eigenvalue weighted by molar-refractivity contribution is 0.0963. The number of anilines is 1. The molecule has 1 amide bonds. The quantitative estimate of drug-likeness (QED) is 0.743. The summed E-state index contributed by atoms with van der Waals surface area (Å²) in [5.74, 6) is -0.129. The number of halogens is 1. The van der Waals surface area contributed by atoms with Crippen LogP contribution in [0.25, 0.3) is 10.8 Å². The molecular weight excluding hydrogens is 308 g/mol. The number of carbonyl (C=O) groups is 1. The second-order valence-electron chi connectivity index (χ2n) is 5.31. The summed E-state index contributed by atoms with van der Waals surface area (Å²) in [5.41, 5.74) is 2.49. The first-order chi connectivity index (χ1) is 11.2. The van der Waals surface area contributed by atoms with Crippen LogP contribution in [0.3, 0.4) is 0 Å². The SMILES string of the molecule is CNC(=O)c1ccc(Cl)c(NCc2ccc3ccccc3c2)c1. The Balaban J connectivity index is 1.80. The van der Waals surface area contributed by atoms with Crippen LogP contribution in [-0.4, -0.2) is 13.0 Å². The van der Waals surface area contributed by atoms with E-state index in [-0.39, 0.29) is 5.91 Å². The number of fused-ring (bicyclic) bond motifs is 1. The van der Waals surface area contributed by atoms with Gasteiger partial charge in [0, 0.05) is 19.2 Å². The predicted molar refractivity (Wildman–Crippen MR) is 96.1 cm³/mol. The highest BCUT2D eigenvalue weighted by Crippen LogP contribution is 2.24. The van der Waals surface area contributed by atoms with E-state index in [1.807, 2.05) is 12.1 Å². The molecule has 0 radical (unpaired) electrons. The number of nitrogens with one attached hydrogen (secondary N) is 2. The molecule has 3 nitrogen and oxygen atoms in total. The van der Waals surface area contributed by atoms with Gasteiger partial charge in [-0.05, 0) is 40.6 Å². The van der Waals surface area contributed by atoms with E-state index in [1.165, 1.54) is 10.8 Å². The summed E-state index contributed by atoms with van der Waals surface area (Å²) in [4.78, 5) is 11.7. The van der Waals surface area contributed by atoms with Crippen LogP contribution in [0.2, 0.25) is 5.02 Å².